The molecule has 2 aromatic heterocycles. The van der Waals surface area contributed by atoms with Crippen LogP contribution in [0.25, 0.3) is 16.6 Å². The van der Waals surface area contributed by atoms with Crippen LogP contribution in [-0.2, 0) is 0 Å². The van der Waals surface area contributed by atoms with Crippen LogP contribution in [0.5, 0.6) is 0 Å². The van der Waals surface area contributed by atoms with Gasteiger partial charge in [0, 0.05) is 37.6 Å². The summed E-state index contributed by atoms with van der Waals surface area (Å²) in [5.74, 6) is -0.0797. The zero-order valence-electron chi connectivity index (χ0n) is 16.4. The van der Waals surface area contributed by atoms with Crippen LogP contribution in [0.4, 0.5) is 0 Å². The normalized spacial score (nSPS) is 14.1. The first kappa shape index (κ1) is 20.8. The maximum Gasteiger partial charge on any atom is 0.0998 e. The molecule has 7 N–H and O–H groups in total. The minimum atomic E-state index is -0.219. The molecule has 0 aliphatic carbocycles. The van der Waals surface area contributed by atoms with Gasteiger partial charge in [-0.05, 0) is 43.2 Å². The van der Waals surface area contributed by atoms with Gasteiger partial charge in [0.25, 0.3) is 0 Å². The number of nitrogens with one attached hydrogen (secondary N) is 3. The number of hydrogen-bond donors (Lipinski definition) is 5. The van der Waals surface area contributed by atoms with E-state index in [1.807, 2.05) is 31.4 Å². The topological polar surface area (TPSA) is 126 Å². The van der Waals surface area contributed by atoms with Crippen molar-refractivity contribution in [3.63, 3.8) is 0 Å². The molecule has 2 heterocycles. The highest BCUT2D eigenvalue weighted by Gasteiger charge is 2.21. The van der Waals surface area contributed by atoms with E-state index in [0.717, 1.165) is 47.3 Å². The lowest BCUT2D eigenvalue weighted by Gasteiger charge is -2.22. The Morgan fingerprint density at radius 3 is 2.67 bits per heavy atom. The fraction of sp³-hybridized carbons (Fsp3) is 0.450. The fourth-order valence-corrected chi connectivity index (χ4v) is 3.20. The number of nitrogens with zero attached hydrogens (tertiary/aromatic N) is 2. The molecule has 0 aromatic carbocycles. The van der Waals surface area contributed by atoms with Crippen molar-refractivity contribution in [2.75, 3.05) is 20.1 Å². The third kappa shape index (κ3) is 5.24. The van der Waals surface area contributed by atoms with Crippen molar-refractivity contribution in [2.45, 2.75) is 38.6 Å². The maximum atomic E-state index is 8.05. The van der Waals surface area contributed by atoms with Crippen LogP contribution in [0.1, 0.15) is 43.9 Å². The second kappa shape index (κ2) is 9.99. The third-order valence-electron chi connectivity index (χ3n) is 4.71. The first-order valence-corrected chi connectivity index (χ1v) is 9.44. The molecule has 0 spiro atoms. The van der Waals surface area contributed by atoms with Crippen LogP contribution < -0.4 is 22.1 Å². The van der Waals surface area contributed by atoms with E-state index in [1.54, 1.807) is 6.20 Å². The van der Waals surface area contributed by atoms with Gasteiger partial charge < -0.3 is 22.1 Å². The Kier molecular flexibility index (Phi) is 7.69. The predicted molar refractivity (Wildman–Crippen MR) is 113 cm³/mol. The van der Waals surface area contributed by atoms with Crippen LogP contribution >= 0.6 is 0 Å². The van der Waals surface area contributed by atoms with E-state index in [2.05, 4.69) is 29.5 Å². The summed E-state index contributed by atoms with van der Waals surface area (Å²) >= 11 is 0. The molecular weight excluding hydrogens is 338 g/mol. The van der Waals surface area contributed by atoms with Crippen LogP contribution in [0.3, 0.4) is 0 Å². The highest BCUT2D eigenvalue weighted by molar-refractivity contribution is 5.85. The summed E-state index contributed by atoms with van der Waals surface area (Å²) in [6.07, 6.45) is 5.40. The number of aromatic nitrogens is 2. The zero-order chi connectivity index (χ0) is 19.8. The number of hydrogen-bond acceptors (Lipinski definition) is 6. The highest BCUT2D eigenvalue weighted by Crippen LogP contribution is 2.24. The molecule has 0 aliphatic rings. The van der Waals surface area contributed by atoms with Gasteiger partial charge in [-0.1, -0.05) is 13.8 Å². The van der Waals surface area contributed by atoms with E-state index in [9.17, 15) is 0 Å². The SMILES string of the molecule is CCNC(CC)CC(C(=N)N)c1ccc2ncc(/C(=C/NC)CN)cc2n1. The minimum absolute atomic E-state index is 0.139. The molecule has 7 nitrogen and oxygen atoms in total. The van der Waals surface area contributed by atoms with Gasteiger partial charge in [0.15, 0.2) is 0 Å². The predicted octanol–water partition coefficient (Wildman–Crippen LogP) is 1.95. The number of nitrogens with two attached hydrogens (primary N) is 2. The van der Waals surface area contributed by atoms with Crippen LogP contribution in [0, 0.1) is 5.41 Å². The lowest BCUT2D eigenvalue weighted by atomic mass is 9.93. The standard InChI is InChI=1S/C20H31N7/c1-4-15(25-5-2)9-16(20(22)23)17-6-7-18-19(27-17)8-13(12-26-18)14(10-21)11-24-3/h6-8,11-12,15-16,24-25H,4-5,9-10,21H2,1-3H3,(H3,22,23)/b14-11+. The molecule has 0 aliphatic heterocycles. The van der Waals surface area contributed by atoms with Crippen molar-refractivity contribution < 1.29 is 0 Å². The Labute approximate surface area is 161 Å². The zero-order valence-corrected chi connectivity index (χ0v) is 16.4. The van der Waals surface area contributed by atoms with E-state index in [-0.39, 0.29) is 11.8 Å². The molecule has 2 atom stereocenters. The smallest absolute Gasteiger partial charge is 0.0998 e. The van der Waals surface area contributed by atoms with Gasteiger partial charge in [0.05, 0.1) is 28.5 Å². The average Bonchev–Trinajstić information content (AvgIpc) is 2.68. The van der Waals surface area contributed by atoms with E-state index in [4.69, 9.17) is 21.9 Å². The molecule has 0 saturated carbocycles. The van der Waals surface area contributed by atoms with Gasteiger partial charge in [0.1, 0.15) is 0 Å². The van der Waals surface area contributed by atoms with E-state index >= 15 is 0 Å². The summed E-state index contributed by atoms with van der Waals surface area (Å²) in [4.78, 5) is 9.28. The summed E-state index contributed by atoms with van der Waals surface area (Å²) in [7, 11) is 1.84. The van der Waals surface area contributed by atoms with Crippen molar-refractivity contribution in [1.82, 2.24) is 20.6 Å². The highest BCUT2D eigenvalue weighted by atomic mass is 14.9. The third-order valence-corrected chi connectivity index (χ3v) is 4.71. The number of rotatable bonds is 10. The fourth-order valence-electron chi connectivity index (χ4n) is 3.20. The lowest BCUT2D eigenvalue weighted by molar-refractivity contribution is 0.466. The van der Waals surface area contributed by atoms with Gasteiger partial charge in [-0.3, -0.25) is 15.4 Å². The molecule has 27 heavy (non-hydrogen) atoms. The molecular formula is C20H31N7. The molecule has 0 fully saturated rings. The van der Waals surface area contributed by atoms with Crippen molar-refractivity contribution in [1.29, 1.82) is 5.41 Å². The summed E-state index contributed by atoms with van der Waals surface area (Å²) in [6, 6.07) is 6.15. The van der Waals surface area contributed by atoms with Crippen molar-refractivity contribution in [3.05, 3.63) is 41.9 Å². The number of fused-ring (bicyclic) bond motifs is 1. The van der Waals surface area contributed by atoms with Crippen LogP contribution in [-0.4, -0.2) is 42.0 Å². The Morgan fingerprint density at radius 2 is 2.07 bits per heavy atom. The van der Waals surface area contributed by atoms with E-state index in [0.29, 0.717) is 12.6 Å². The monoisotopic (exact) mass is 369 g/mol. The quantitative estimate of drug-likeness (QED) is 0.322. The van der Waals surface area contributed by atoms with Gasteiger partial charge in [-0.25, -0.2) is 0 Å². The van der Waals surface area contributed by atoms with Crippen LogP contribution in [0.2, 0.25) is 0 Å². The Balaban J connectivity index is 2.41. The molecule has 7 heteroatoms. The minimum Gasteiger partial charge on any atom is -0.394 e. The van der Waals surface area contributed by atoms with Gasteiger partial charge in [-0.2, -0.15) is 0 Å². The first-order chi connectivity index (χ1) is 13.0. The second-order valence-electron chi connectivity index (χ2n) is 6.57. The Bertz CT molecular complexity index is 800. The van der Waals surface area contributed by atoms with Crippen molar-refractivity contribution in [2.24, 2.45) is 11.5 Å². The molecule has 0 bridgehead atoms. The summed E-state index contributed by atoms with van der Waals surface area (Å²) in [5, 5.41) is 14.5. The second-order valence-corrected chi connectivity index (χ2v) is 6.57. The Morgan fingerprint density at radius 1 is 1.30 bits per heavy atom. The van der Waals surface area contributed by atoms with Crippen LogP contribution in [0.15, 0.2) is 30.6 Å². The van der Waals surface area contributed by atoms with Crippen molar-refractivity contribution >= 4 is 22.4 Å². The van der Waals surface area contributed by atoms with Gasteiger partial charge in [0.2, 0.25) is 0 Å². The molecule has 2 rings (SSSR count). The molecule has 0 saturated heterocycles. The summed E-state index contributed by atoms with van der Waals surface area (Å²) < 4.78 is 0. The number of amidine groups is 1. The maximum absolute atomic E-state index is 8.05. The Hall–Kier alpha value is -2.51. The molecule has 0 radical (unpaired) electrons. The average molecular weight is 370 g/mol. The molecule has 2 unspecified atom stereocenters. The van der Waals surface area contributed by atoms with Gasteiger partial charge in [-0.15, -0.1) is 0 Å². The van der Waals surface area contributed by atoms with Gasteiger partial charge >= 0.3 is 0 Å². The van der Waals surface area contributed by atoms with Crippen molar-refractivity contribution in [3.8, 4) is 0 Å². The summed E-state index contributed by atoms with van der Waals surface area (Å²) in [5.41, 5.74) is 16.0. The lowest BCUT2D eigenvalue weighted by Crippen LogP contribution is -2.33. The first-order valence-electron chi connectivity index (χ1n) is 9.44. The molecule has 146 valence electrons. The summed E-state index contributed by atoms with van der Waals surface area (Å²) in [6.45, 7) is 5.52. The molecule has 2 aromatic rings. The molecule has 0 amide bonds. The number of pyridine rings is 2. The largest absolute Gasteiger partial charge is 0.394 e. The van der Waals surface area contributed by atoms with E-state index < -0.39 is 0 Å². The van der Waals surface area contributed by atoms with E-state index in [1.165, 1.54) is 0 Å².